The number of nitrogens with one attached hydrogen (secondary N) is 1. The molecular formula is C41H46ClN18O6S2W-. The molecule has 0 radical (unpaired) electrons. The number of hydrogen-bond donors (Lipinski definition) is 2. The average Bonchev–Trinajstić information content (AvgIpc) is 4.07. The molecule has 1 amide bonds. The van der Waals surface area contributed by atoms with Crippen LogP contribution >= 0.6 is 11.6 Å². The monoisotopic (exact) mass is 1170 g/mol. The van der Waals surface area contributed by atoms with Crippen LogP contribution in [0.15, 0.2) is 49.3 Å². The normalized spacial score (nSPS) is 19.4. The number of hydrogen-bond acceptors (Lipinski definition) is 17. The Kier molecular flexibility index (Phi) is 13.6. The van der Waals surface area contributed by atoms with Crippen molar-refractivity contribution in [1.29, 1.82) is 10.5 Å². The maximum atomic E-state index is 12.6. The Balaban J connectivity index is 0.000000163. The number of amides is 1. The van der Waals surface area contributed by atoms with E-state index in [1.165, 1.54) is 17.6 Å². The predicted octanol–water partition coefficient (Wildman–Crippen LogP) is 2.35. The second-order valence-corrected chi connectivity index (χ2v) is 22.6. The molecule has 24 nitrogen and oxygen atoms in total. The van der Waals surface area contributed by atoms with Crippen LogP contribution in [0.3, 0.4) is 0 Å². The quantitative estimate of drug-likeness (QED) is 0.124. The third kappa shape index (κ3) is 9.74. The van der Waals surface area contributed by atoms with Crippen molar-refractivity contribution in [2.75, 3.05) is 37.2 Å². The number of halogens is 1. The third-order valence-electron chi connectivity index (χ3n) is 12.6. The van der Waals surface area contributed by atoms with Crippen LogP contribution in [0.2, 0.25) is 0 Å². The zero-order valence-corrected chi connectivity index (χ0v) is 42.4. The maximum Gasteiger partial charge on any atom is 0.249 e. The van der Waals surface area contributed by atoms with Gasteiger partial charge in [0.25, 0.3) is 0 Å². The molecule has 2 saturated heterocycles. The smallest absolute Gasteiger partial charge is 0.249 e. The summed E-state index contributed by atoms with van der Waals surface area (Å²) in [6.45, 7) is 0.931. The number of nitriles is 2. The van der Waals surface area contributed by atoms with Crippen LogP contribution in [0.4, 0.5) is 11.9 Å². The number of carbonyl (C=O) groups excluding carboxylic acids is 2. The number of carbonyl (C=O) groups is 2. The van der Waals surface area contributed by atoms with Gasteiger partial charge in [0.2, 0.25) is 43.1 Å². The number of anilines is 2. The summed E-state index contributed by atoms with van der Waals surface area (Å²) in [5, 5.41) is 38.1. The minimum Gasteiger partial charge on any atom is -0.366 e. The largest absolute Gasteiger partial charge is 0.366 e. The van der Waals surface area contributed by atoms with E-state index in [9.17, 15) is 36.9 Å². The first-order valence-electron chi connectivity index (χ1n) is 21.7. The van der Waals surface area contributed by atoms with E-state index in [0.29, 0.717) is 59.8 Å². The van der Waals surface area contributed by atoms with Crippen LogP contribution in [0.25, 0.3) is 34.1 Å². The second kappa shape index (κ2) is 18.9. The minimum absolute atomic E-state index is 0. The summed E-state index contributed by atoms with van der Waals surface area (Å²) >= 11 is 5.04. The summed E-state index contributed by atoms with van der Waals surface area (Å²) < 4.78 is 59.3. The second-order valence-electron chi connectivity index (χ2n) is 17.8. The molecule has 6 fully saturated rings. The van der Waals surface area contributed by atoms with E-state index in [0.717, 1.165) is 25.7 Å². The fourth-order valence-corrected chi connectivity index (χ4v) is 12.3. The molecule has 3 N–H and O–H groups in total. The van der Waals surface area contributed by atoms with Crippen molar-refractivity contribution >= 4 is 66.0 Å². The summed E-state index contributed by atoms with van der Waals surface area (Å²) in [6.07, 6.45) is 16.9. The number of nitrogens with zero attached hydrogens (tertiary/aromatic N) is 16. The first kappa shape index (κ1) is 49.7. The number of rotatable bonds is 13. The summed E-state index contributed by atoms with van der Waals surface area (Å²) in [6, 6.07) is 7.73. The minimum atomic E-state index is -3.30. The van der Waals surface area contributed by atoms with Gasteiger partial charge in [-0.25, -0.2) is 26.8 Å². The number of sulfonamides is 2. The molecule has 2 aliphatic heterocycles. The molecule has 0 aromatic carbocycles. The van der Waals surface area contributed by atoms with Gasteiger partial charge in [0.1, 0.15) is 11.1 Å². The molecule has 6 aromatic heterocycles. The zero-order chi connectivity index (χ0) is 46.9. The van der Waals surface area contributed by atoms with Gasteiger partial charge in [-0.1, -0.05) is 0 Å². The topological polar surface area (TPSA) is 316 Å². The Morgan fingerprint density at radius 2 is 1.17 bits per heavy atom. The van der Waals surface area contributed by atoms with Crippen molar-refractivity contribution in [2.45, 2.75) is 85.8 Å². The Hall–Kier alpha value is -5.76. The van der Waals surface area contributed by atoms with Gasteiger partial charge in [-0.2, -0.15) is 48.3 Å². The summed E-state index contributed by atoms with van der Waals surface area (Å²) in [5.41, 5.74) is 6.70. The van der Waals surface area contributed by atoms with Crippen LogP contribution in [-0.2, 0) is 61.8 Å². The molecule has 12 rings (SSSR count). The molecule has 4 saturated carbocycles. The van der Waals surface area contributed by atoms with Crippen molar-refractivity contribution in [2.24, 2.45) is 11.8 Å². The number of fused-ring (bicyclic) bond motifs is 2. The van der Waals surface area contributed by atoms with Crippen LogP contribution in [0, 0.1) is 41.9 Å². The molecule has 6 aromatic rings. The maximum absolute atomic E-state index is 12.6. The Labute approximate surface area is 415 Å². The SMILES string of the molecule is N#CCC1(n2cc(-c3nccc4nc(N)nn34)cn2)CN(S(=O)(=O)C2CC2)C1.N#CCC1(n2cc(-c3nccc4nc(NC(=O)C5CC5)nn34)cn2)CN(S(=O)(=O)C2CC2)C1.O=C(Cl)C1CC1.[CH3-].[W]. The Morgan fingerprint density at radius 1 is 0.725 bits per heavy atom. The molecule has 0 atom stereocenters. The van der Waals surface area contributed by atoms with Gasteiger partial charge >= 0.3 is 0 Å². The van der Waals surface area contributed by atoms with Crippen LogP contribution in [0.1, 0.15) is 64.2 Å². The van der Waals surface area contributed by atoms with E-state index in [1.807, 2.05) is 0 Å². The number of aromatic nitrogens is 12. The van der Waals surface area contributed by atoms with Gasteiger partial charge in [0.15, 0.2) is 22.9 Å². The zero-order valence-electron chi connectivity index (χ0n) is 37.1. The van der Waals surface area contributed by atoms with Crippen molar-refractivity contribution in [3.05, 3.63) is 56.7 Å². The molecular weight excluding hydrogens is 1120 g/mol. The first-order chi connectivity index (χ1) is 32.1. The van der Waals surface area contributed by atoms with E-state index in [4.69, 9.17) is 17.3 Å². The van der Waals surface area contributed by atoms with Gasteiger partial charge in [-0.15, -0.1) is 10.2 Å². The fourth-order valence-electron chi connectivity index (χ4n) is 8.06. The molecule has 0 unspecified atom stereocenters. The fraction of sp³-hybridized carbons (Fsp3) is 0.488. The van der Waals surface area contributed by atoms with Crippen molar-refractivity contribution in [3.63, 3.8) is 0 Å². The standard InChI is InChI=1S/C20H21N9O3S.C16H17N9O2S.C4H5ClO.CH3.W/c21-7-6-20(11-27(12-20)33(31,32)15-3-4-15)28-10-14(9-23-28)17-22-8-5-16-24-19(26-29(16)17)25-18(30)13-1-2-13;17-5-4-16(9-23(10-16)28(26,27)12-1-2-12)24-8-11(7-20-24)14-19-6-3-13-21-15(18)22-25(13)14;5-4(6)3-1-2-3;;/h5,8-10,13,15H,1-4,6,11-12H2,(H,25,26,30);3,6-8,12H,1-2,4,9-10H2,(H2,18,22);3H,1-2H2;1H3;/q;;;-1;. The van der Waals surface area contributed by atoms with E-state index >= 15 is 0 Å². The van der Waals surface area contributed by atoms with Crippen molar-refractivity contribution < 1.29 is 47.5 Å². The van der Waals surface area contributed by atoms with Crippen LogP contribution < -0.4 is 11.1 Å². The van der Waals surface area contributed by atoms with E-state index in [1.54, 1.807) is 58.7 Å². The molecule has 69 heavy (non-hydrogen) atoms. The van der Waals surface area contributed by atoms with Gasteiger partial charge in [0, 0.05) is 96.0 Å². The van der Waals surface area contributed by atoms with Gasteiger partial charge in [-0.05, 0) is 63.0 Å². The predicted molar refractivity (Wildman–Crippen MR) is 243 cm³/mol. The molecule has 4 aliphatic carbocycles. The summed E-state index contributed by atoms with van der Waals surface area (Å²) in [7, 11) is -6.56. The Morgan fingerprint density at radius 3 is 1.58 bits per heavy atom. The number of nitrogens with two attached hydrogens (primary N) is 1. The molecule has 362 valence electrons. The van der Waals surface area contributed by atoms with Crippen molar-refractivity contribution in [3.8, 4) is 34.9 Å². The van der Waals surface area contributed by atoms with E-state index < -0.39 is 31.1 Å². The molecule has 0 spiro atoms. The third-order valence-corrected chi connectivity index (χ3v) is 17.5. The molecule has 6 aliphatic rings. The first-order valence-corrected chi connectivity index (χ1v) is 25.0. The summed E-state index contributed by atoms with van der Waals surface area (Å²) in [5.74, 6) is 1.54. The molecule has 0 bridgehead atoms. The van der Waals surface area contributed by atoms with Gasteiger partial charge < -0.3 is 13.2 Å². The van der Waals surface area contributed by atoms with Crippen molar-refractivity contribution in [1.82, 2.24) is 67.3 Å². The Bertz CT molecular complexity index is 3240. The average molecular weight is 1170 g/mol. The molecule has 28 heteroatoms. The number of nitrogen functional groups attached to an aromatic ring is 1. The van der Waals surface area contributed by atoms with E-state index in [-0.39, 0.29) is 113 Å². The van der Waals surface area contributed by atoms with Gasteiger partial charge in [-0.3, -0.25) is 24.3 Å². The summed E-state index contributed by atoms with van der Waals surface area (Å²) in [4.78, 5) is 39.3. The van der Waals surface area contributed by atoms with E-state index in [2.05, 4.69) is 57.8 Å². The van der Waals surface area contributed by atoms with Crippen LogP contribution in [-0.4, -0.2) is 132 Å². The molecule has 8 heterocycles. The van der Waals surface area contributed by atoms with Gasteiger partial charge in [0.05, 0.1) is 59.0 Å². The van der Waals surface area contributed by atoms with Crippen LogP contribution in [0.5, 0.6) is 0 Å².